The number of piperidine rings is 1. The van der Waals surface area contributed by atoms with Crippen molar-refractivity contribution in [2.45, 2.75) is 56.4 Å². The second kappa shape index (κ2) is 7.71. The van der Waals surface area contributed by atoms with Crippen molar-refractivity contribution in [1.29, 1.82) is 0 Å². The van der Waals surface area contributed by atoms with Crippen LogP contribution in [0.1, 0.15) is 54.3 Å². The van der Waals surface area contributed by atoms with Crippen LogP contribution in [0.3, 0.4) is 0 Å². The molecule has 1 fully saturated rings. The molecule has 0 saturated carbocycles. The molecular formula is C18H20F3N5O3S. The zero-order valence-corrected chi connectivity index (χ0v) is 17.2. The molecule has 1 amide bonds. The minimum atomic E-state index is -4.69. The molecule has 0 spiro atoms. The standard InChI is InChI=1S/C18H20F3N5O3S/c1-9-10(2)22-17-26(15(9)28)12(8-30-17)6-13(27)25-5-3-4-11(7-25)14-23-24-16(29-14)18(19,20)21/h11-12H,3-8H2,1-2H3/t11-,12-/m1/s1. The Morgan fingerprint density at radius 1 is 1.30 bits per heavy atom. The normalized spacial score (nSPS) is 21.7. The average molecular weight is 443 g/mol. The highest BCUT2D eigenvalue weighted by Crippen LogP contribution is 2.35. The molecule has 2 aromatic heterocycles. The quantitative estimate of drug-likeness (QED) is 0.674. The van der Waals surface area contributed by atoms with Gasteiger partial charge in [-0.05, 0) is 26.7 Å². The number of aryl methyl sites for hydroxylation is 1. The summed E-state index contributed by atoms with van der Waals surface area (Å²) in [5, 5.41) is 7.22. The SMILES string of the molecule is Cc1nc2n(c(=O)c1C)[C@H](CC(=O)N1CCC[C@@H](c3nnc(C(F)(F)F)o3)C1)CS2. The molecule has 30 heavy (non-hydrogen) atoms. The van der Waals surface area contributed by atoms with E-state index >= 15 is 0 Å². The van der Waals surface area contributed by atoms with Gasteiger partial charge in [0.1, 0.15) is 0 Å². The number of alkyl halides is 3. The monoisotopic (exact) mass is 443 g/mol. The van der Waals surface area contributed by atoms with Gasteiger partial charge in [-0.25, -0.2) is 4.98 Å². The highest BCUT2D eigenvalue weighted by Gasteiger charge is 2.40. The van der Waals surface area contributed by atoms with Gasteiger partial charge in [-0.15, -0.1) is 10.2 Å². The van der Waals surface area contributed by atoms with Crippen molar-refractivity contribution in [2.24, 2.45) is 0 Å². The Bertz CT molecular complexity index is 1040. The van der Waals surface area contributed by atoms with Crippen LogP contribution in [0.15, 0.2) is 14.4 Å². The van der Waals surface area contributed by atoms with Crippen molar-refractivity contribution in [1.82, 2.24) is 24.6 Å². The van der Waals surface area contributed by atoms with Gasteiger partial charge in [0.25, 0.3) is 5.56 Å². The predicted octanol–water partition coefficient (Wildman–Crippen LogP) is 2.71. The molecular weight excluding hydrogens is 423 g/mol. The summed E-state index contributed by atoms with van der Waals surface area (Å²) in [4.78, 5) is 31.6. The first-order chi connectivity index (χ1) is 14.1. The molecule has 2 aliphatic rings. The molecule has 4 rings (SSSR count). The number of halogens is 3. The summed E-state index contributed by atoms with van der Waals surface area (Å²) < 4.78 is 44.5. The fraction of sp³-hybridized carbons (Fsp3) is 0.611. The zero-order valence-electron chi connectivity index (χ0n) is 16.4. The van der Waals surface area contributed by atoms with Crippen LogP contribution < -0.4 is 5.56 Å². The second-order valence-electron chi connectivity index (χ2n) is 7.57. The van der Waals surface area contributed by atoms with E-state index in [0.717, 1.165) is 0 Å². The van der Waals surface area contributed by atoms with E-state index in [9.17, 15) is 22.8 Å². The van der Waals surface area contributed by atoms with E-state index in [0.29, 0.717) is 41.6 Å². The molecule has 4 heterocycles. The molecule has 1 saturated heterocycles. The lowest BCUT2D eigenvalue weighted by Crippen LogP contribution is -2.40. The van der Waals surface area contributed by atoms with Crippen LogP contribution in [0.4, 0.5) is 13.2 Å². The second-order valence-corrected chi connectivity index (χ2v) is 8.56. The molecule has 12 heteroatoms. The van der Waals surface area contributed by atoms with Crippen LogP contribution in [-0.2, 0) is 11.0 Å². The van der Waals surface area contributed by atoms with Crippen LogP contribution in [0.5, 0.6) is 0 Å². The number of aromatic nitrogens is 4. The number of hydrogen-bond acceptors (Lipinski definition) is 7. The van der Waals surface area contributed by atoms with Gasteiger partial charge in [-0.1, -0.05) is 11.8 Å². The first-order valence-electron chi connectivity index (χ1n) is 9.56. The minimum Gasteiger partial charge on any atom is -0.417 e. The number of likely N-dealkylation sites (tertiary alicyclic amines) is 1. The van der Waals surface area contributed by atoms with Crippen LogP contribution >= 0.6 is 11.8 Å². The highest BCUT2D eigenvalue weighted by molar-refractivity contribution is 7.99. The van der Waals surface area contributed by atoms with Crippen LogP contribution in [-0.4, -0.2) is 49.4 Å². The number of thioether (sulfide) groups is 1. The Labute approximate surface area is 173 Å². The van der Waals surface area contributed by atoms with Gasteiger partial charge in [0.05, 0.1) is 12.0 Å². The smallest absolute Gasteiger partial charge is 0.417 e. The molecule has 0 aliphatic carbocycles. The Morgan fingerprint density at radius 2 is 2.07 bits per heavy atom. The van der Waals surface area contributed by atoms with Crippen LogP contribution in [0, 0.1) is 13.8 Å². The van der Waals surface area contributed by atoms with E-state index in [1.54, 1.807) is 23.3 Å². The molecule has 8 nitrogen and oxygen atoms in total. The summed E-state index contributed by atoms with van der Waals surface area (Å²) in [5.74, 6) is -1.50. The Morgan fingerprint density at radius 3 is 2.77 bits per heavy atom. The molecule has 2 aliphatic heterocycles. The summed E-state index contributed by atoms with van der Waals surface area (Å²) >= 11 is 1.45. The van der Waals surface area contributed by atoms with E-state index in [4.69, 9.17) is 4.42 Å². The van der Waals surface area contributed by atoms with Crippen molar-refractivity contribution in [3.05, 3.63) is 33.4 Å². The lowest BCUT2D eigenvalue weighted by atomic mass is 9.97. The van der Waals surface area contributed by atoms with Gasteiger partial charge in [0.15, 0.2) is 5.16 Å². The molecule has 0 bridgehead atoms. The van der Waals surface area contributed by atoms with Gasteiger partial charge in [-0.3, -0.25) is 14.2 Å². The average Bonchev–Trinajstić information content (AvgIpc) is 3.34. The first kappa shape index (κ1) is 20.9. The number of fused-ring (bicyclic) bond motifs is 1. The fourth-order valence-electron chi connectivity index (χ4n) is 3.77. The van der Waals surface area contributed by atoms with Crippen molar-refractivity contribution in [2.75, 3.05) is 18.8 Å². The Hall–Kier alpha value is -2.37. The lowest BCUT2D eigenvalue weighted by molar-refractivity contribution is -0.157. The molecule has 2 aromatic rings. The van der Waals surface area contributed by atoms with Crippen molar-refractivity contribution in [3.63, 3.8) is 0 Å². The van der Waals surface area contributed by atoms with Crippen LogP contribution in [0.2, 0.25) is 0 Å². The number of amides is 1. The Kier molecular flexibility index (Phi) is 5.37. The number of nitrogens with zero attached hydrogens (tertiary/aromatic N) is 5. The number of carbonyl (C=O) groups is 1. The van der Waals surface area contributed by atoms with E-state index in [2.05, 4.69) is 15.2 Å². The summed E-state index contributed by atoms with van der Waals surface area (Å²) in [7, 11) is 0. The van der Waals surface area contributed by atoms with Crippen molar-refractivity contribution in [3.8, 4) is 0 Å². The van der Waals surface area contributed by atoms with Gasteiger partial charge in [-0.2, -0.15) is 13.2 Å². The third kappa shape index (κ3) is 3.84. The van der Waals surface area contributed by atoms with E-state index in [-0.39, 0.29) is 36.4 Å². The molecule has 0 aromatic carbocycles. The molecule has 162 valence electrons. The number of hydrogen-bond donors (Lipinski definition) is 0. The maximum absolute atomic E-state index is 12.9. The predicted molar refractivity (Wildman–Crippen MR) is 100 cm³/mol. The summed E-state index contributed by atoms with van der Waals surface area (Å²) in [5.41, 5.74) is 1.11. The van der Waals surface area contributed by atoms with E-state index in [1.165, 1.54) is 11.8 Å². The van der Waals surface area contributed by atoms with Crippen molar-refractivity contribution < 1.29 is 22.4 Å². The minimum absolute atomic E-state index is 0.104. The maximum Gasteiger partial charge on any atom is 0.470 e. The largest absolute Gasteiger partial charge is 0.470 e. The molecule has 0 unspecified atom stereocenters. The van der Waals surface area contributed by atoms with Gasteiger partial charge in [0, 0.05) is 36.5 Å². The Balaban J connectivity index is 1.46. The highest BCUT2D eigenvalue weighted by atomic mass is 32.2. The van der Waals surface area contributed by atoms with E-state index in [1.807, 2.05) is 0 Å². The number of rotatable bonds is 3. The molecule has 2 atom stereocenters. The topological polar surface area (TPSA) is 94.1 Å². The van der Waals surface area contributed by atoms with Crippen molar-refractivity contribution >= 4 is 17.7 Å². The van der Waals surface area contributed by atoms with Gasteiger partial charge in [0.2, 0.25) is 11.8 Å². The summed E-state index contributed by atoms with van der Waals surface area (Å²) in [6.07, 6.45) is -3.38. The van der Waals surface area contributed by atoms with E-state index < -0.39 is 18.0 Å². The zero-order chi connectivity index (χ0) is 21.6. The van der Waals surface area contributed by atoms with Gasteiger partial charge >= 0.3 is 12.1 Å². The van der Waals surface area contributed by atoms with Crippen LogP contribution in [0.25, 0.3) is 0 Å². The third-order valence-corrected chi connectivity index (χ3v) is 6.64. The number of carbonyl (C=O) groups excluding carboxylic acids is 1. The fourth-order valence-corrected chi connectivity index (χ4v) is 4.95. The lowest BCUT2D eigenvalue weighted by Gasteiger charge is -2.32. The first-order valence-corrected chi connectivity index (χ1v) is 10.5. The maximum atomic E-state index is 12.9. The molecule has 0 N–H and O–H groups in total. The summed E-state index contributed by atoms with van der Waals surface area (Å²) in [6.45, 7) is 4.22. The molecule has 0 radical (unpaired) electrons. The van der Waals surface area contributed by atoms with Gasteiger partial charge < -0.3 is 9.32 Å². The third-order valence-electron chi connectivity index (χ3n) is 5.54. The summed E-state index contributed by atoms with van der Waals surface area (Å²) in [6, 6.07) is -0.294.